The van der Waals surface area contributed by atoms with Gasteiger partial charge in [0.1, 0.15) is 23.0 Å². The summed E-state index contributed by atoms with van der Waals surface area (Å²) in [5.74, 6) is 1.63. The highest BCUT2D eigenvalue weighted by Crippen LogP contribution is 2.55. The lowest BCUT2D eigenvalue weighted by Gasteiger charge is -2.41. The van der Waals surface area contributed by atoms with Crippen LogP contribution in [0.1, 0.15) is 42.9 Å². The van der Waals surface area contributed by atoms with E-state index in [1.54, 1.807) is 24.3 Å². The summed E-state index contributed by atoms with van der Waals surface area (Å²) < 4.78 is 6.08. The SMILES string of the molecule is CCCCC1(c2ccccc2)c2ccc(O)cc2Oc2cc(O)ccc21. The minimum atomic E-state index is -0.373. The summed E-state index contributed by atoms with van der Waals surface area (Å²) in [6.07, 6.45) is 3.05. The Hall–Kier alpha value is -2.94. The molecule has 1 aliphatic rings. The first kappa shape index (κ1) is 16.5. The molecule has 26 heavy (non-hydrogen) atoms. The van der Waals surface area contributed by atoms with Crippen LogP contribution in [-0.4, -0.2) is 10.2 Å². The fraction of sp³-hybridized carbons (Fsp3) is 0.217. The number of ether oxygens (including phenoxy) is 1. The smallest absolute Gasteiger partial charge is 0.135 e. The third-order valence-corrected chi connectivity index (χ3v) is 5.24. The van der Waals surface area contributed by atoms with E-state index in [-0.39, 0.29) is 16.9 Å². The first-order valence-electron chi connectivity index (χ1n) is 9.05. The number of benzene rings is 3. The van der Waals surface area contributed by atoms with Gasteiger partial charge in [-0.1, -0.05) is 62.2 Å². The van der Waals surface area contributed by atoms with Crippen molar-refractivity contribution >= 4 is 0 Å². The van der Waals surface area contributed by atoms with Crippen molar-refractivity contribution in [1.82, 2.24) is 0 Å². The van der Waals surface area contributed by atoms with Crippen molar-refractivity contribution in [3.05, 3.63) is 83.4 Å². The molecule has 0 bridgehead atoms. The average Bonchev–Trinajstić information content (AvgIpc) is 2.65. The number of hydrogen-bond acceptors (Lipinski definition) is 3. The molecule has 0 saturated heterocycles. The highest BCUT2D eigenvalue weighted by molar-refractivity contribution is 5.65. The van der Waals surface area contributed by atoms with Gasteiger partial charge in [-0.15, -0.1) is 0 Å². The monoisotopic (exact) mass is 346 g/mol. The first-order chi connectivity index (χ1) is 12.6. The van der Waals surface area contributed by atoms with Crippen molar-refractivity contribution in [2.45, 2.75) is 31.6 Å². The Bertz CT molecular complexity index is 880. The summed E-state index contributed by atoms with van der Waals surface area (Å²) in [5, 5.41) is 20.0. The van der Waals surface area contributed by atoms with Crippen molar-refractivity contribution in [3.8, 4) is 23.0 Å². The summed E-state index contributed by atoms with van der Waals surface area (Å²) >= 11 is 0. The molecule has 2 N–H and O–H groups in total. The second kappa shape index (κ2) is 6.41. The molecule has 1 heterocycles. The van der Waals surface area contributed by atoms with Gasteiger partial charge in [0.25, 0.3) is 0 Å². The Labute approximate surface area is 153 Å². The number of hydrogen-bond donors (Lipinski definition) is 2. The van der Waals surface area contributed by atoms with Crippen molar-refractivity contribution in [1.29, 1.82) is 0 Å². The lowest BCUT2D eigenvalue weighted by atomic mass is 9.65. The molecule has 0 aliphatic carbocycles. The molecule has 3 aromatic carbocycles. The zero-order chi connectivity index (χ0) is 18.1. The molecule has 0 atom stereocenters. The van der Waals surface area contributed by atoms with Crippen molar-refractivity contribution < 1.29 is 14.9 Å². The van der Waals surface area contributed by atoms with Crippen LogP contribution < -0.4 is 4.74 Å². The maximum Gasteiger partial charge on any atom is 0.135 e. The van der Waals surface area contributed by atoms with Crippen LogP contribution in [0.25, 0.3) is 0 Å². The molecular formula is C23H22O3. The Balaban J connectivity index is 2.06. The summed E-state index contributed by atoms with van der Waals surface area (Å²) in [6.45, 7) is 2.19. The van der Waals surface area contributed by atoms with Gasteiger partial charge >= 0.3 is 0 Å². The number of rotatable bonds is 4. The van der Waals surface area contributed by atoms with E-state index < -0.39 is 0 Å². The molecule has 0 radical (unpaired) electrons. The predicted molar refractivity (Wildman–Crippen MR) is 102 cm³/mol. The van der Waals surface area contributed by atoms with E-state index in [2.05, 4.69) is 31.2 Å². The topological polar surface area (TPSA) is 49.7 Å². The van der Waals surface area contributed by atoms with E-state index >= 15 is 0 Å². The Morgan fingerprint density at radius 2 is 1.38 bits per heavy atom. The van der Waals surface area contributed by atoms with Gasteiger partial charge in [0.05, 0.1) is 5.41 Å². The quantitative estimate of drug-likeness (QED) is 0.634. The van der Waals surface area contributed by atoms with Crippen molar-refractivity contribution in [2.24, 2.45) is 0 Å². The summed E-state index contributed by atoms with van der Waals surface area (Å²) in [7, 11) is 0. The van der Waals surface area contributed by atoms with E-state index in [0.29, 0.717) is 11.5 Å². The average molecular weight is 346 g/mol. The lowest BCUT2D eigenvalue weighted by Crippen LogP contribution is -2.32. The zero-order valence-electron chi connectivity index (χ0n) is 14.8. The van der Waals surface area contributed by atoms with Crippen LogP contribution in [0.5, 0.6) is 23.0 Å². The highest BCUT2D eigenvalue weighted by Gasteiger charge is 2.43. The molecule has 0 aromatic heterocycles. The van der Waals surface area contributed by atoms with Gasteiger partial charge in [0, 0.05) is 23.3 Å². The van der Waals surface area contributed by atoms with E-state index in [0.717, 1.165) is 30.4 Å². The summed E-state index contributed by atoms with van der Waals surface area (Å²) in [5.41, 5.74) is 2.92. The Kier molecular flexibility index (Phi) is 4.08. The van der Waals surface area contributed by atoms with Crippen LogP contribution in [0.4, 0.5) is 0 Å². The number of fused-ring (bicyclic) bond motifs is 2. The standard InChI is InChI=1S/C23H22O3/c1-2-3-13-23(16-7-5-4-6-8-16)19-11-9-17(24)14-21(19)26-22-15-18(25)10-12-20(22)23/h4-12,14-15,24-25H,2-3,13H2,1H3. The van der Waals surface area contributed by atoms with Crippen molar-refractivity contribution in [3.63, 3.8) is 0 Å². The number of phenolic OH excluding ortho intramolecular Hbond substituents is 2. The van der Waals surface area contributed by atoms with Crippen LogP contribution in [-0.2, 0) is 5.41 Å². The summed E-state index contributed by atoms with van der Waals surface area (Å²) in [6, 6.07) is 21.1. The number of aromatic hydroxyl groups is 2. The van der Waals surface area contributed by atoms with Gasteiger partial charge in [-0.3, -0.25) is 0 Å². The second-order valence-electron chi connectivity index (χ2n) is 6.84. The van der Waals surface area contributed by atoms with E-state index in [1.165, 1.54) is 5.56 Å². The fourth-order valence-electron chi connectivity index (χ4n) is 4.05. The molecule has 132 valence electrons. The van der Waals surface area contributed by atoms with E-state index in [9.17, 15) is 10.2 Å². The van der Waals surface area contributed by atoms with Gasteiger partial charge < -0.3 is 14.9 Å². The molecule has 0 amide bonds. The fourth-order valence-corrected chi connectivity index (χ4v) is 4.05. The third-order valence-electron chi connectivity index (χ3n) is 5.24. The molecule has 1 aliphatic heterocycles. The van der Waals surface area contributed by atoms with Crippen LogP contribution >= 0.6 is 0 Å². The Morgan fingerprint density at radius 1 is 0.808 bits per heavy atom. The van der Waals surface area contributed by atoms with Crippen LogP contribution in [0, 0.1) is 0 Å². The normalized spacial score (nSPS) is 14.2. The van der Waals surface area contributed by atoms with Crippen molar-refractivity contribution in [2.75, 3.05) is 0 Å². The third kappa shape index (κ3) is 2.51. The minimum absolute atomic E-state index is 0.171. The number of phenols is 2. The maximum absolute atomic E-state index is 9.98. The zero-order valence-corrected chi connectivity index (χ0v) is 14.8. The van der Waals surface area contributed by atoms with Gasteiger partial charge in [0.2, 0.25) is 0 Å². The first-order valence-corrected chi connectivity index (χ1v) is 9.05. The van der Waals surface area contributed by atoms with Gasteiger partial charge in [-0.2, -0.15) is 0 Å². The largest absolute Gasteiger partial charge is 0.508 e. The minimum Gasteiger partial charge on any atom is -0.508 e. The second-order valence-corrected chi connectivity index (χ2v) is 6.84. The van der Waals surface area contributed by atoms with E-state index in [1.807, 2.05) is 18.2 Å². The molecule has 0 spiro atoms. The molecule has 3 aromatic rings. The molecule has 0 unspecified atom stereocenters. The lowest BCUT2D eigenvalue weighted by molar-refractivity contribution is 0.389. The molecule has 4 rings (SSSR count). The highest BCUT2D eigenvalue weighted by atomic mass is 16.5. The van der Waals surface area contributed by atoms with Gasteiger partial charge in [0.15, 0.2) is 0 Å². The molecular weight excluding hydrogens is 324 g/mol. The van der Waals surface area contributed by atoms with Gasteiger partial charge in [-0.05, 0) is 24.1 Å². The van der Waals surface area contributed by atoms with Crippen LogP contribution in [0.15, 0.2) is 66.7 Å². The van der Waals surface area contributed by atoms with Crippen LogP contribution in [0.2, 0.25) is 0 Å². The maximum atomic E-state index is 9.98. The van der Waals surface area contributed by atoms with Gasteiger partial charge in [-0.25, -0.2) is 0 Å². The van der Waals surface area contributed by atoms with Crippen LogP contribution in [0.3, 0.4) is 0 Å². The molecule has 0 fully saturated rings. The molecule has 3 nitrogen and oxygen atoms in total. The molecule has 3 heteroatoms. The Morgan fingerprint density at radius 3 is 1.92 bits per heavy atom. The number of unbranched alkanes of at least 4 members (excludes halogenated alkanes) is 1. The van der Waals surface area contributed by atoms with E-state index in [4.69, 9.17) is 4.74 Å². The summed E-state index contributed by atoms with van der Waals surface area (Å²) in [4.78, 5) is 0. The predicted octanol–water partition coefficient (Wildman–Crippen LogP) is 5.73. The molecule has 0 saturated carbocycles.